The molecular formula is C19H33IN4O2. The summed E-state index contributed by atoms with van der Waals surface area (Å²) in [4.78, 5) is 7.07. The minimum atomic E-state index is 0. The Morgan fingerprint density at radius 1 is 1.27 bits per heavy atom. The first-order valence-electron chi connectivity index (χ1n) is 9.18. The zero-order valence-corrected chi connectivity index (χ0v) is 18.5. The van der Waals surface area contributed by atoms with Crippen molar-refractivity contribution in [2.75, 3.05) is 59.6 Å². The van der Waals surface area contributed by atoms with Crippen LogP contribution in [0.4, 0.5) is 0 Å². The molecule has 0 aliphatic carbocycles. The number of hydrogen-bond acceptors (Lipinski definition) is 4. The number of methoxy groups -OCH3 is 1. The average Bonchev–Trinajstić information content (AvgIpc) is 2.64. The number of nitrogens with zero attached hydrogens (tertiary/aromatic N) is 2. The van der Waals surface area contributed by atoms with Crippen LogP contribution in [0.25, 0.3) is 0 Å². The van der Waals surface area contributed by atoms with E-state index in [1.165, 1.54) is 5.56 Å². The van der Waals surface area contributed by atoms with Gasteiger partial charge in [-0.3, -0.25) is 9.89 Å². The summed E-state index contributed by atoms with van der Waals surface area (Å²) in [5.74, 6) is 1.83. The van der Waals surface area contributed by atoms with E-state index in [-0.39, 0.29) is 24.0 Å². The molecule has 0 bridgehead atoms. The highest BCUT2D eigenvalue weighted by atomic mass is 127. The van der Waals surface area contributed by atoms with Gasteiger partial charge in [-0.15, -0.1) is 24.0 Å². The highest BCUT2D eigenvalue weighted by molar-refractivity contribution is 14.0. The number of morpholine rings is 1. The molecule has 0 unspecified atom stereocenters. The third-order valence-electron chi connectivity index (χ3n) is 4.31. The molecule has 6 nitrogen and oxygen atoms in total. The van der Waals surface area contributed by atoms with Gasteiger partial charge in [-0.05, 0) is 37.5 Å². The summed E-state index contributed by atoms with van der Waals surface area (Å²) in [6.45, 7) is 11.3. The molecule has 0 saturated carbocycles. The van der Waals surface area contributed by atoms with Crippen molar-refractivity contribution in [1.82, 2.24) is 15.5 Å². The van der Waals surface area contributed by atoms with Gasteiger partial charge >= 0.3 is 0 Å². The quantitative estimate of drug-likeness (QED) is 0.342. The summed E-state index contributed by atoms with van der Waals surface area (Å²) in [6.07, 6.45) is 0.935. The lowest BCUT2D eigenvalue weighted by Crippen LogP contribution is -2.40. The first kappa shape index (κ1) is 23.0. The van der Waals surface area contributed by atoms with Crippen LogP contribution in [0.15, 0.2) is 23.2 Å². The molecule has 0 amide bonds. The number of benzene rings is 1. The number of hydrogen-bond donors (Lipinski definition) is 2. The summed E-state index contributed by atoms with van der Waals surface area (Å²) in [7, 11) is 1.72. The molecule has 1 heterocycles. The van der Waals surface area contributed by atoms with Crippen LogP contribution < -0.4 is 15.4 Å². The fourth-order valence-corrected chi connectivity index (χ4v) is 2.81. The molecule has 26 heavy (non-hydrogen) atoms. The van der Waals surface area contributed by atoms with Crippen LogP contribution in [0.1, 0.15) is 18.1 Å². The Labute approximate surface area is 174 Å². The van der Waals surface area contributed by atoms with Crippen molar-refractivity contribution in [2.45, 2.75) is 20.3 Å². The second-order valence-electron chi connectivity index (χ2n) is 6.20. The summed E-state index contributed by atoms with van der Waals surface area (Å²) in [5, 5.41) is 6.72. The van der Waals surface area contributed by atoms with Crippen molar-refractivity contribution in [3.05, 3.63) is 29.3 Å². The molecule has 1 saturated heterocycles. The largest absolute Gasteiger partial charge is 0.496 e. The van der Waals surface area contributed by atoms with E-state index in [1.54, 1.807) is 7.11 Å². The molecule has 2 N–H and O–H groups in total. The number of aryl methyl sites for hydroxylation is 1. The first-order valence-corrected chi connectivity index (χ1v) is 9.18. The van der Waals surface area contributed by atoms with E-state index >= 15 is 0 Å². The number of ether oxygens (including phenoxy) is 2. The Kier molecular flexibility index (Phi) is 11.6. The summed E-state index contributed by atoms with van der Waals surface area (Å²) >= 11 is 0. The minimum Gasteiger partial charge on any atom is -0.496 e. The normalized spacial score (nSPS) is 15.3. The van der Waals surface area contributed by atoms with Crippen molar-refractivity contribution < 1.29 is 9.47 Å². The van der Waals surface area contributed by atoms with E-state index in [0.29, 0.717) is 0 Å². The van der Waals surface area contributed by atoms with E-state index in [9.17, 15) is 0 Å². The van der Waals surface area contributed by atoms with E-state index in [2.05, 4.69) is 52.6 Å². The van der Waals surface area contributed by atoms with E-state index < -0.39 is 0 Å². The maximum atomic E-state index is 5.39. The fraction of sp³-hybridized carbons (Fsp3) is 0.632. The van der Waals surface area contributed by atoms with Crippen LogP contribution in [0, 0.1) is 6.92 Å². The smallest absolute Gasteiger partial charge is 0.191 e. The van der Waals surface area contributed by atoms with Crippen molar-refractivity contribution >= 4 is 29.9 Å². The lowest BCUT2D eigenvalue weighted by atomic mass is 10.1. The van der Waals surface area contributed by atoms with Gasteiger partial charge < -0.3 is 20.1 Å². The zero-order chi connectivity index (χ0) is 17.9. The van der Waals surface area contributed by atoms with Crippen LogP contribution in [-0.2, 0) is 11.2 Å². The Hall–Kier alpha value is -1.06. The average molecular weight is 476 g/mol. The molecule has 2 rings (SSSR count). The van der Waals surface area contributed by atoms with E-state index in [1.807, 2.05) is 0 Å². The number of guanidine groups is 1. The van der Waals surface area contributed by atoms with Crippen molar-refractivity contribution in [3.63, 3.8) is 0 Å². The molecule has 1 fully saturated rings. The van der Waals surface area contributed by atoms with Crippen molar-refractivity contribution in [1.29, 1.82) is 0 Å². The molecule has 1 aromatic carbocycles. The van der Waals surface area contributed by atoms with Gasteiger partial charge in [0.05, 0.1) is 26.9 Å². The topological polar surface area (TPSA) is 58.1 Å². The molecule has 0 atom stereocenters. The molecule has 1 aliphatic rings. The first-order chi connectivity index (χ1) is 12.2. The summed E-state index contributed by atoms with van der Waals surface area (Å²) < 4.78 is 10.8. The Bertz CT molecular complexity index is 548. The van der Waals surface area contributed by atoms with E-state index in [4.69, 9.17) is 9.47 Å². The van der Waals surface area contributed by atoms with Gasteiger partial charge in [0.25, 0.3) is 0 Å². The summed E-state index contributed by atoms with van der Waals surface area (Å²) in [6, 6.07) is 6.37. The molecule has 1 aromatic rings. The maximum absolute atomic E-state index is 5.39. The highest BCUT2D eigenvalue weighted by Gasteiger charge is 2.09. The van der Waals surface area contributed by atoms with Gasteiger partial charge in [0.15, 0.2) is 5.96 Å². The predicted octanol–water partition coefficient (Wildman–Crippen LogP) is 2.05. The van der Waals surface area contributed by atoms with Gasteiger partial charge in [-0.2, -0.15) is 0 Å². The Balaban J connectivity index is 0.00000338. The molecule has 148 valence electrons. The Morgan fingerprint density at radius 2 is 2.04 bits per heavy atom. The van der Waals surface area contributed by atoms with Crippen LogP contribution in [0.2, 0.25) is 0 Å². The van der Waals surface area contributed by atoms with Crippen LogP contribution in [-0.4, -0.2) is 70.5 Å². The standard InChI is InChI=1S/C19H32N4O2.HI/c1-4-20-19(22-9-10-23-11-13-25-14-12-23)21-8-7-17-6-5-16(2)18(15-17)24-3;/h5-6,15H,4,7-14H2,1-3H3,(H2,20,21,22);1H. The van der Waals surface area contributed by atoms with Gasteiger partial charge in [-0.25, -0.2) is 0 Å². The van der Waals surface area contributed by atoms with Crippen molar-refractivity contribution in [3.8, 4) is 5.75 Å². The third-order valence-corrected chi connectivity index (χ3v) is 4.31. The monoisotopic (exact) mass is 476 g/mol. The molecule has 0 radical (unpaired) electrons. The number of nitrogens with one attached hydrogen (secondary N) is 2. The van der Waals surface area contributed by atoms with Gasteiger partial charge in [0, 0.05) is 32.7 Å². The van der Waals surface area contributed by atoms with Crippen molar-refractivity contribution in [2.24, 2.45) is 4.99 Å². The van der Waals surface area contributed by atoms with Gasteiger partial charge in [0.1, 0.15) is 5.75 Å². The fourth-order valence-electron chi connectivity index (χ4n) is 2.81. The molecule has 0 spiro atoms. The highest BCUT2D eigenvalue weighted by Crippen LogP contribution is 2.18. The second-order valence-corrected chi connectivity index (χ2v) is 6.20. The summed E-state index contributed by atoms with van der Waals surface area (Å²) in [5.41, 5.74) is 2.43. The third kappa shape index (κ3) is 8.09. The molecular weight excluding hydrogens is 443 g/mol. The number of halogens is 1. The number of rotatable bonds is 8. The SMILES string of the molecule is CCNC(=NCCN1CCOCC1)NCCc1ccc(C)c(OC)c1.I. The molecule has 0 aromatic heterocycles. The van der Waals surface area contributed by atoms with Crippen LogP contribution in [0.5, 0.6) is 5.75 Å². The maximum Gasteiger partial charge on any atom is 0.191 e. The predicted molar refractivity (Wildman–Crippen MR) is 118 cm³/mol. The zero-order valence-electron chi connectivity index (χ0n) is 16.2. The lowest BCUT2D eigenvalue weighted by Gasteiger charge is -2.25. The second kappa shape index (κ2) is 13.2. The van der Waals surface area contributed by atoms with Crippen LogP contribution >= 0.6 is 24.0 Å². The molecule has 1 aliphatic heterocycles. The van der Waals surface area contributed by atoms with Crippen LogP contribution in [0.3, 0.4) is 0 Å². The Morgan fingerprint density at radius 3 is 2.73 bits per heavy atom. The minimum absolute atomic E-state index is 0. The molecule has 7 heteroatoms. The number of aliphatic imine (C=N–C) groups is 1. The lowest BCUT2D eigenvalue weighted by molar-refractivity contribution is 0.0394. The van der Waals surface area contributed by atoms with E-state index in [0.717, 1.165) is 76.2 Å². The van der Waals surface area contributed by atoms with Gasteiger partial charge in [-0.1, -0.05) is 12.1 Å². The van der Waals surface area contributed by atoms with Gasteiger partial charge in [0.2, 0.25) is 0 Å².